The topological polar surface area (TPSA) is 46.5 Å². The molecule has 114 valence electrons. The van der Waals surface area contributed by atoms with Crippen LogP contribution in [0.5, 0.6) is 5.75 Å². The van der Waals surface area contributed by atoms with E-state index in [1.165, 1.54) is 0 Å². The number of carbonyl (C=O) groups excluding carboxylic acids is 1. The van der Waals surface area contributed by atoms with E-state index >= 15 is 0 Å². The summed E-state index contributed by atoms with van der Waals surface area (Å²) >= 11 is 0. The first kappa shape index (κ1) is 13.8. The Morgan fingerprint density at radius 3 is 2.65 bits per heavy atom. The van der Waals surface area contributed by atoms with Gasteiger partial charge in [0, 0.05) is 11.5 Å². The fourth-order valence-electron chi connectivity index (χ4n) is 3.65. The molecule has 0 heterocycles. The van der Waals surface area contributed by atoms with E-state index in [0.717, 1.165) is 22.3 Å². The summed E-state index contributed by atoms with van der Waals surface area (Å²) in [6.07, 6.45) is 0.677. The lowest BCUT2D eigenvalue weighted by Crippen LogP contribution is -2.28. The maximum Gasteiger partial charge on any atom is 0.197 e. The van der Waals surface area contributed by atoms with Gasteiger partial charge in [0.1, 0.15) is 11.5 Å². The maximum absolute atomic E-state index is 13.1. The van der Waals surface area contributed by atoms with Crippen LogP contribution in [-0.4, -0.2) is 18.0 Å². The van der Waals surface area contributed by atoms with E-state index in [4.69, 9.17) is 4.74 Å². The van der Waals surface area contributed by atoms with Crippen molar-refractivity contribution in [2.45, 2.75) is 6.42 Å². The first-order chi connectivity index (χ1) is 11.1. The van der Waals surface area contributed by atoms with Gasteiger partial charge in [0.25, 0.3) is 0 Å². The minimum Gasteiger partial charge on any atom is -0.507 e. The molecule has 3 nitrogen and oxygen atoms in total. The Morgan fingerprint density at radius 2 is 1.87 bits per heavy atom. The van der Waals surface area contributed by atoms with E-state index in [1.54, 1.807) is 13.2 Å². The Kier molecular flexibility index (Phi) is 2.91. The van der Waals surface area contributed by atoms with Gasteiger partial charge in [0.05, 0.1) is 18.2 Å². The Labute approximate surface area is 134 Å². The quantitative estimate of drug-likeness (QED) is 0.864. The number of hydrogen-bond donors (Lipinski definition) is 1. The highest BCUT2D eigenvalue weighted by atomic mass is 16.5. The summed E-state index contributed by atoms with van der Waals surface area (Å²) in [7, 11) is 1.54. The van der Waals surface area contributed by atoms with E-state index in [1.807, 2.05) is 36.4 Å². The molecule has 0 aromatic heterocycles. The van der Waals surface area contributed by atoms with E-state index in [-0.39, 0.29) is 17.5 Å². The van der Waals surface area contributed by atoms with Crippen LogP contribution in [0.4, 0.5) is 0 Å². The normalized spacial score (nSPS) is 19.1. The third-order valence-electron chi connectivity index (χ3n) is 4.78. The molecule has 2 aliphatic carbocycles. The molecule has 4 rings (SSSR count). The fourth-order valence-corrected chi connectivity index (χ4v) is 3.65. The van der Waals surface area contributed by atoms with Crippen molar-refractivity contribution in [2.75, 3.05) is 7.11 Å². The number of benzene rings is 2. The van der Waals surface area contributed by atoms with E-state index in [2.05, 4.69) is 6.58 Å². The number of hydrogen-bond acceptors (Lipinski definition) is 3. The lowest BCUT2D eigenvalue weighted by Gasteiger charge is -2.34. The Morgan fingerprint density at radius 1 is 1.13 bits per heavy atom. The Bertz CT molecular complexity index is 890. The molecule has 2 aromatic carbocycles. The van der Waals surface area contributed by atoms with E-state index in [9.17, 15) is 9.90 Å². The number of methoxy groups -OCH3 is 1. The Hall–Kier alpha value is -2.81. The molecule has 0 bridgehead atoms. The number of aliphatic hydroxyl groups excluding tert-OH is 1. The van der Waals surface area contributed by atoms with Gasteiger partial charge in [0.2, 0.25) is 0 Å². The number of aliphatic hydroxyl groups is 1. The van der Waals surface area contributed by atoms with Gasteiger partial charge >= 0.3 is 0 Å². The molecule has 0 amide bonds. The lowest BCUT2D eigenvalue weighted by atomic mass is 9.69. The lowest BCUT2D eigenvalue weighted by molar-refractivity contribution is 0.101. The van der Waals surface area contributed by atoms with Crippen LogP contribution in [0.3, 0.4) is 0 Å². The second-order valence-corrected chi connectivity index (χ2v) is 5.91. The highest BCUT2D eigenvalue weighted by Gasteiger charge is 2.40. The number of ether oxygens (including phenoxy) is 1. The highest BCUT2D eigenvalue weighted by molar-refractivity contribution is 6.20. The van der Waals surface area contributed by atoms with Gasteiger partial charge in [-0.2, -0.15) is 0 Å². The van der Waals surface area contributed by atoms with Crippen molar-refractivity contribution in [3.8, 4) is 5.75 Å². The molecule has 1 atom stereocenters. The monoisotopic (exact) mass is 304 g/mol. The van der Waals surface area contributed by atoms with Crippen LogP contribution < -0.4 is 4.74 Å². The van der Waals surface area contributed by atoms with Crippen molar-refractivity contribution >= 4 is 17.1 Å². The van der Waals surface area contributed by atoms with Gasteiger partial charge in [-0.3, -0.25) is 4.79 Å². The van der Waals surface area contributed by atoms with Gasteiger partial charge in [-0.15, -0.1) is 0 Å². The molecule has 0 spiro atoms. The van der Waals surface area contributed by atoms with Gasteiger partial charge in [0.15, 0.2) is 5.78 Å². The molecule has 0 aliphatic heterocycles. The molecule has 23 heavy (non-hydrogen) atoms. The maximum atomic E-state index is 13.1. The molecule has 2 aliphatic rings. The van der Waals surface area contributed by atoms with Crippen LogP contribution in [0.15, 0.2) is 54.6 Å². The summed E-state index contributed by atoms with van der Waals surface area (Å²) < 4.78 is 5.35. The van der Waals surface area contributed by atoms with Crippen molar-refractivity contribution in [2.24, 2.45) is 5.92 Å². The van der Waals surface area contributed by atoms with Crippen molar-refractivity contribution in [1.29, 1.82) is 0 Å². The summed E-state index contributed by atoms with van der Waals surface area (Å²) in [4.78, 5) is 13.1. The zero-order chi connectivity index (χ0) is 16.1. The average Bonchev–Trinajstić information content (AvgIpc) is 2.59. The summed E-state index contributed by atoms with van der Waals surface area (Å²) in [5.74, 6) is 0.240. The van der Waals surface area contributed by atoms with E-state index in [0.29, 0.717) is 23.3 Å². The van der Waals surface area contributed by atoms with Gasteiger partial charge in [-0.25, -0.2) is 0 Å². The molecule has 0 radical (unpaired) electrons. The number of Topliss-reactive ketones (excluding diaryl/α,β-unsaturated/α-hetero) is 1. The second kappa shape index (κ2) is 4.85. The highest BCUT2D eigenvalue weighted by Crippen LogP contribution is 2.47. The van der Waals surface area contributed by atoms with Crippen LogP contribution in [-0.2, 0) is 6.42 Å². The molecule has 0 fully saturated rings. The number of carbonyl (C=O) groups is 1. The second-order valence-electron chi connectivity index (χ2n) is 5.91. The van der Waals surface area contributed by atoms with Gasteiger partial charge in [-0.1, -0.05) is 43.0 Å². The van der Waals surface area contributed by atoms with Crippen LogP contribution >= 0.6 is 0 Å². The Balaban J connectivity index is 2.01. The zero-order valence-electron chi connectivity index (χ0n) is 12.8. The molecule has 3 heteroatoms. The average molecular weight is 304 g/mol. The van der Waals surface area contributed by atoms with Crippen LogP contribution in [0.25, 0.3) is 11.3 Å². The molecular formula is C20H16O3. The third-order valence-corrected chi connectivity index (χ3v) is 4.78. The number of rotatable bonds is 1. The SMILES string of the molecule is C=C1c2cccc(OC)c2C(=O)C2=C(O)c3ccccc3CC12. The van der Waals surface area contributed by atoms with Crippen LogP contribution in [0.1, 0.15) is 27.0 Å². The number of ketones is 1. The fraction of sp³-hybridized carbons (Fsp3) is 0.150. The standard InChI is InChI=1S/C20H16O3/c1-11-13-8-5-9-16(23-2)17(13)20(22)18-15(11)10-12-6-3-4-7-14(12)19(18)21/h3-9,15,21H,1,10H2,2H3. The molecule has 1 N–H and O–H groups in total. The summed E-state index contributed by atoms with van der Waals surface area (Å²) in [6.45, 7) is 4.20. The molecular weight excluding hydrogens is 288 g/mol. The molecule has 1 unspecified atom stereocenters. The van der Waals surface area contributed by atoms with Crippen molar-refractivity contribution in [3.63, 3.8) is 0 Å². The van der Waals surface area contributed by atoms with Crippen LogP contribution in [0.2, 0.25) is 0 Å². The van der Waals surface area contributed by atoms with Crippen molar-refractivity contribution < 1.29 is 14.6 Å². The number of fused-ring (bicyclic) bond motifs is 3. The summed E-state index contributed by atoms with van der Waals surface area (Å²) in [5, 5.41) is 10.7. The van der Waals surface area contributed by atoms with Crippen molar-refractivity contribution in [3.05, 3.63) is 76.9 Å². The molecule has 0 saturated heterocycles. The molecule has 2 aromatic rings. The predicted molar refractivity (Wildman–Crippen MR) is 89.5 cm³/mol. The smallest absolute Gasteiger partial charge is 0.197 e. The van der Waals surface area contributed by atoms with E-state index < -0.39 is 0 Å². The van der Waals surface area contributed by atoms with Gasteiger partial charge in [-0.05, 0) is 29.2 Å². The minimum atomic E-state index is -0.183. The first-order valence-corrected chi connectivity index (χ1v) is 7.55. The minimum absolute atomic E-state index is 0.0690. The van der Waals surface area contributed by atoms with Crippen LogP contribution in [0, 0.1) is 5.92 Å². The largest absolute Gasteiger partial charge is 0.507 e. The zero-order valence-corrected chi connectivity index (χ0v) is 12.8. The van der Waals surface area contributed by atoms with Crippen molar-refractivity contribution in [1.82, 2.24) is 0 Å². The van der Waals surface area contributed by atoms with Gasteiger partial charge < -0.3 is 9.84 Å². The molecule has 0 saturated carbocycles. The summed E-state index contributed by atoms with van der Waals surface area (Å²) in [6, 6.07) is 13.2. The predicted octanol–water partition coefficient (Wildman–Crippen LogP) is 4.05. The third kappa shape index (κ3) is 1.80. The first-order valence-electron chi connectivity index (χ1n) is 7.55. The number of allylic oxidation sites excluding steroid dienone is 2. The summed E-state index contributed by atoms with van der Waals surface area (Å²) in [5.41, 5.74) is 4.38.